The summed E-state index contributed by atoms with van der Waals surface area (Å²) >= 11 is 0. The number of amides is 1. The van der Waals surface area contributed by atoms with Gasteiger partial charge in [0, 0.05) is 18.7 Å². The Hall–Kier alpha value is -2.11. The number of halogens is 1. The fourth-order valence-corrected chi connectivity index (χ4v) is 3.51. The quantitative estimate of drug-likeness (QED) is 0.801. The molecular weight excluding hydrogens is 301 g/mol. The van der Waals surface area contributed by atoms with E-state index in [1.807, 2.05) is 0 Å². The molecule has 2 fully saturated rings. The molecule has 1 atom stereocenters. The molecular formula is C17H20FNO4. The van der Waals surface area contributed by atoms with Crippen molar-refractivity contribution in [1.29, 1.82) is 0 Å². The van der Waals surface area contributed by atoms with Gasteiger partial charge in [-0.3, -0.25) is 9.59 Å². The third-order valence-corrected chi connectivity index (χ3v) is 5.12. The number of carbonyl (C=O) groups excluding carboxylic acids is 2. The number of esters is 1. The zero-order valence-corrected chi connectivity index (χ0v) is 13.3. The van der Waals surface area contributed by atoms with Gasteiger partial charge < -0.3 is 14.4 Å². The molecule has 5 nitrogen and oxygen atoms in total. The Kier molecular flexibility index (Phi) is 4.00. The van der Waals surface area contributed by atoms with Crippen LogP contribution in [0.3, 0.4) is 0 Å². The van der Waals surface area contributed by atoms with Gasteiger partial charge in [0.05, 0.1) is 20.1 Å². The fraction of sp³-hybridized carbons (Fsp3) is 0.529. The average Bonchev–Trinajstić information content (AvgIpc) is 3.27. The number of likely N-dealkylation sites (tertiary alicyclic amines) is 1. The van der Waals surface area contributed by atoms with Crippen LogP contribution in [0, 0.1) is 17.2 Å². The first kappa shape index (κ1) is 15.8. The first-order valence-electron chi connectivity index (χ1n) is 7.71. The molecule has 1 unspecified atom stereocenters. The van der Waals surface area contributed by atoms with Gasteiger partial charge in [-0.05, 0) is 42.9 Å². The molecule has 1 aliphatic carbocycles. The van der Waals surface area contributed by atoms with Gasteiger partial charge in [0.15, 0.2) is 11.6 Å². The summed E-state index contributed by atoms with van der Waals surface area (Å²) in [6, 6.07) is 4.24. The van der Waals surface area contributed by atoms with E-state index in [9.17, 15) is 14.0 Å². The average molecular weight is 321 g/mol. The molecule has 1 heterocycles. The van der Waals surface area contributed by atoms with Crippen molar-refractivity contribution in [1.82, 2.24) is 4.90 Å². The summed E-state index contributed by atoms with van der Waals surface area (Å²) in [5.41, 5.74) is 0.328. The first-order chi connectivity index (χ1) is 11.0. The third-order valence-electron chi connectivity index (χ3n) is 5.12. The van der Waals surface area contributed by atoms with Gasteiger partial charge in [-0.15, -0.1) is 0 Å². The summed E-state index contributed by atoms with van der Waals surface area (Å²) in [7, 11) is 2.79. The van der Waals surface area contributed by atoms with Gasteiger partial charge in [0.25, 0.3) is 5.91 Å². The normalized spacial score (nSPS) is 21.9. The maximum atomic E-state index is 13.7. The molecule has 1 saturated carbocycles. The number of benzene rings is 1. The zero-order valence-electron chi connectivity index (χ0n) is 13.3. The van der Waals surface area contributed by atoms with E-state index < -0.39 is 5.82 Å². The van der Waals surface area contributed by atoms with Crippen molar-refractivity contribution in [3.8, 4) is 5.75 Å². The molecule has 0 bridgehead atoms. The van der Waals surface area contributed by atoms with Crippen molar-refractivity contribution >= 4 is 11.9 Å². The molecule has 23 heavy (non-hydrogen) atoms. The van der Waals surface area contributed by atoms with Crippen LogP contribution >= 0.6 is 0 Å². The van der Waals surface area contributed by atoms with E-state index in [1.165, 1.54) is 26.4 Å². The van der Waals surface area contributed by atoms with E-state index in [2.05, 4.69) is 0 Å². The van der Waals surface area contributed by atoms with Crippen LogP contribution in [0.15, 0.2) is 18.2 Å². The highest BCUT2D eigenvalue weighted by Crippen LogP contribution is 2.59. The van der Waals surface area contributed by atoms with Crippen LogP contribution in [0.5, 0.6) is 5.75 Å². The molecule has 1 aliphatic heterocycles. The van der Waals surface area contributed by atoms with Crippen molar-refractivity contribution in [3.63, 3.8) is 0 Å². The highest BCUT2D eigenvalue weighted by atomic mass is 19.1. The Bertz CT molecular complexity index is 637. The van der Waals surface area contributed by atoms with Crippen molar-refractivity contribution in [3.05, 3.63) is 29.6 Å². The molecule has 1 spiro atoms. The van der Waals surface area contributed by atoms with Crippen LogP contribution in [0.4, 0.5) is 4.39 Å². The smallest absolute Gasteiger partial charge is 0.309 e. The standard InChI is InChI=1S/C17H20FNO4/c1-22-14-4-3-11(9-13(14)18)15(20)19-7-5-17(6-8-19)10-12(17)16(21)23-2/h3-4,9,12H,5-8,10H2,1-2H3. The number of carbonyl (C=O) groups is 2. The summed E-state index contributed by atoms with van der Waals surface area (Å²) in [6.45, 7) is 1.17. The van der Waals surface area contributed by atoms with Gasteiger partial charge in [-0.1, -0.05) is 0 Å². The molecule has 0 N–H and O–H groups in total. The molecule has 2 aliphatic rings. The number of rotatable bonds is 3. The van der Waals surface area contributed by atoms with Crippen LogP contribution < -0.4 is 4.74 Å². The Balaban J connectivity index is 1.63. The van der Waals surface area contributed by atoms with E-state index in [4.69, 9.17) is 9.47 Å². The highest BCUT2D eigenvalue weighted by molar-refractivity contribution is 5.94. The largest absolute Gasteiger partial charge is 0.494 e. The minimum atomic E-state index is -0.542. The van der Waals surface area contributed by atoms with Crippen molar-refractivity contribution in [2.24, 2.45) is 11.3 Å². The monoisotopic (exact) mass is 321 g/mol. The Morgan fingerprint density at radius 3 is 2.52 bits per heavy atom. The van der Waals surface area contributed by atoms with Crippen molar-refractivity contribution in [2.45, 2.75) is 19.3 Å². The number of piperidine rings is 1. The van der Waals surface area contributed by atoms with Crippen LogP contribution in [-0.4, -0.2) is 44.1 Å². The van der Waals surface area contributed by atoms with E-state index in [0.717, 1.165) is 19.3 Å². The minimum Gasteiger partial charge on any atom is -0.494 e. The lowest BCUT2D eigenvalue weighted by atomic mass is 9.90. The summed E-state index contributed by atoms with van der Waals surface area (Å²) in [5, 5.41) is 0. The van der Waals surface area contributed by atoms with E-state index >= 15 is 0 Å². The molecule has 6 heteroatoms. The Morgan fingerprint density at radius 2 is 1.96 bits per heavy atom. The highest BCUT2D eigenvalue weighted by Gasteiger charge is 2.59. The fourth-order valence-electron chi connectivity index (χ4n) is 3.51. The Labute approximate surface area is 134 Å². The van der Waals surface area contributed by atoms with Crippen LogP contribution in [-0.2, 0) is 9.53 Å². The maximum absolute atomic E-state index is 13.7. The number of hydrogen-bond donors (Lipinski definition) is 0. The third kappa shape index (κ3) is 2.78. The molecule has 3 rings (SSSR count). The zero-order chi connectivity index (χ0) is 16.6. The molecule has 0 aromatic heterocycles. The molecule has 124 valence electrons. The lowest BCUT2D eigenvalue weighted by molar-refractivity contribution is -0.143. The van der Waals surface area contributed by atoms with Gasteiger partial charge in [0.1, 0.15) is 0 Å². The predicted octanol–water partition coefficient (Wildman–Crippen LogP) is 2.25. The lowest BCUT2D eigenvalue weighted by Crippen LogP contribution is -2.40. The molecule has 1 aromatic carbocycles. The summed E-state index contributed by atoms with van der Waals surface area (Å²) < 4.78 is 23.4. The molecule has 1 aromatic rings. The van der Waals surface area contributed by atoms with Crippen LogP contribution in [0.25, 0.3) is 0 Å². The number of nitrogens with zero attached hydrogens (tertiary/aromatic N) is 1. The van der Waals surface area contributed by atoms with Gasteiger partial charge >= 0.3 is 5.97 Å². The van der Waals surface area contributed by atoms with E-state index in [0.29, 0.717) is 18.7 Å². The van der Waals surface area contributed by atoms with Gasteiger partial charge in [-0.2, -0.15) is 0 Å². The number of hydrogen-bond acceptors (Lipinski definition) is 4. The lowest BCUT2D eigenvalue weighted by Gasteiger charge is -2.32. The molecule has 1 saturated heterocycles. The second-order valence-electron chi connectivity index (χ2n) is 6.28. The van der Waals surface area contributed by atoms with Crippen LogP contribution in [0.2, 0.25) is 0 Å². The van der Waals surface area contributed by atoms with E-state index in [-0.39, 0.29) is 29.0 Å². The summed E-state index contributed by atoms with van der Waals surface area (Å²) in [4.78, 5) is 25.8. The molecule has 1 amide bonds. The van der Waals surface area contributed by atoms with Crippen molar-refractivity contribution in [2.75, 3.05) is 27.3 Å². The predicted molar refractivity (Wildman–Crippen MR) is 80.6 cm³/mol. The summed E-state index contributed by atoms with van der Waals surface area (Å²) in [5.74, 6) is -0.778. The summed E-state index contributed by atoms with van der Waals surface area (Å²) in [6.07, 6.45) is 2.42. The number of methoxy groups -OCH3 is 2. The minimum absolute atomic E-state index is 0.00896. The number of ether oxygens (including phenoxy) is 2. The molecule has 0 radical (unpaired) electrons. The topological polar surface area (TPSA) is 55.8 Å². The second-order valence-corrected chi connectivity index (χ2v) is 6.28. The second kappa shape index (κ2) is 5.83. The first-order valence-corrected chi connectivity index (χ1v) is 7.71. The Morgan fingerprint density at radius 1 is 1.26 bits per heavy atom. The maximum Gasteiger partial charge on any atom is 0.309 e. The van der Waals surface area contributed by atoms with Crippen LogP contribution in [0.1, 0.15) is 29.6 Å². The van der Waals surface area contributed by atoms with Gasteiger partial charge in [-0.25, -0.2) is 4.39 Å². The van der Waals surface area contributed by atoms with Crippen molar-refractivity contribution < 1.29 is 23.5 Å². The van der Waals surface area contributed by atoms with Gasteiger partial charge in [0.2, 0.25) is 0 Å². The van der Waals surface area contributed by atoms with E-state index in [1.54, 1.807) is 11.0 Å². The SMILES string of the molecule is COC(=O)C1CC12CCN(C(=O)c1ccc(OC)c(F)c1)CC2.